The summed E-state index contributed by atoms with van der Waals surface area (Å²) >= 11 is 5.93. The van der Waals surface area contributed by atoms with E-state index in [0.29, 0.717) is 23.7 Å². The van der Waals surface area contributed by atoms with Gasteiger partial charge in [-0.05, 0) is 63.4 Å². The van der Waals surface area contributed by atoms with Crippen molar-refractivity contribution in [3.05, 3.63) is 64.7 Å². The molecule has 0 aromatic heterocycles. The van der Waals surface area contributed by atoms with Crippen LogP contribution >= 0.6 is 11.6 Å². The maximum absolute atomic E-state index is 13.3. The van der Waals surface area contributed by atoms with Gasteiger partial charge >= 0.3 is 0 Å². The number of aryl methyl sites for hydroxylation is 1. The van der Waals surface area contributed by atoms with Gasteiger partial charge < -0.3 is 10.2 Å². The minimum Gasteiger partial charge on any atom is -0.352 e. The molecule has 0 heterocycles. The molecule has 2 rings (SSSR count). The van der Waals surface area contributed by atoms with Gasteiger partial charge in [-0.1, -0.05) is 48.4 Å². The molecule has 0 aliphatic heterocycles. The quantitative estimate of drug-likeness (QED) is 0.444. The minimum absolute atomic E-state index is 0.00368. The summed E-state index contributed by atoms with van der Waals surface area (Å²) in [6, 6.07) is 13.7. The van der Waals surface area contributed by atoms with E-state index in [-0.39, 0.29) is 30.8 Å². The molecule has 0 saturated heterocycles. The minimum atomic E-state index is -3.55. The Balaban J connectivity index is 2.15. The number of halogens is 1. The van der Waals surface area contributed by atoms with Crippen molar-refractivity contribution < 1.29 is 18.0 Å². The number of sulfonamides is 1. The van der Waals surface area contributed by atoms with Crippen molar-refractivity contribution in [1.29, 1.82) is 0 Å². The highest BCUT2D eigenvalue weighted by molar-refractivity contribution is 7.92. The lowest BCUT2D eigenvalue weighted by atomic mass is 10.1. The third-order valence-electron chi connectivity index (χ3n) is 5.91. The van der Waals surface area contributed by atoms with Crippen molar-refractivity contribution in [2.24, 2.45) is 0 Å². The van der Waals surface area contributed by atoms with Gasteiger partial charge in [0.1, 0.15) is 6.04 Å². The van der Waals surface area contributed by atoms with Crippen LogP contribution in [0.1, 0.15) is 51.2 Å². The van der Waals surface area contributed by atoms with Crippen molar-refractivity contribution in [2.75, 3.05) is 17.1 Å². The number of benzene rings is 2. The molecule has 0 radical (unpaired) electrons. The molecule has 192 valence electrons. The number of nitrogens with one attached hydrogen (secondary N) is 1. The zero-order valence-electron chi connectivity index (χ0n) is 21.1. The third kappa shape index (κ3) is 8.85. The van der Waals surface area contributed by atoms with Crippen molar-refractivity contribution in [3.8, 4) is 0 Å². The second-order valence-corrected chi connectivity index (χ2v) is 11.3. The fraction of sp³-hybridized carbons (Fsp3) is 0.462. The maximum Gasteiger partial charge on any atom is 0.242 e. The van der Waals surface area contributed by atoms with Gasteiger partial charge in [0, 0.05) is 30.6 Å². The average Bonchev–Trinajstić information content (AvgIpc) is 2.80. The van der Waals surface area contributed by atoms with E-state index in [1.54, 1.807) is 36.1 Å². The highest BCUT2D eigenvalue weighted by Crippen LogP contribution is 2.21. The predicted octanol–water partition coefficient (Wildman–Crippen LogP) is 4.53. The molecule has 7 nitrogen and oxygen atoms in total. The summed E-state index contributed by atoms with van der Waals surface area (Å²) < 4.78 is 26.0. The molecule has 2 aromatic carbocycles. The van der Waals surface area contributed by atoms with E-state index in [2.05, 4.69) is 5.32 Å². The lowest BCUT2D eigenvalue weighted by Gasteiger charge is -2.30. The normalized spacial score (nSPS) is 13.1. The predicted molar refractivity (Wildman–Crippen MR) is 142 cm³/mol. The van der Waals surface area contributed by atoms with Gasteiger partial charge in [-0.3, -0.25) is 13.9 Å². The Morgan fingerprint density at radius 1 is 1.03 bits per heavy atom. The molecular weight excluding hydrogens is 486 g/mol. The summed E-state index contributed by atoms with van der Waals surface area (Å²) in [5, 5.41) is 3.46. The smallest absolute Gasteiger partial charge is 0.242 e. The Morgan fingerprint density at radius 2 is 1.63 bits per heavy atom. The molecule has 2 amide bonds. The lowest BCUT2D eigenvalue weighted by molar-refractivity contribution is -0.140. The second-order valence-electron chi connectivity index (χ2n) is 8.92. The molecule has 1 N–H and O–H groups in total. The number of amides is 2. The summed E-state index contributed by atoms with van der Waals surface area (Å²) in [4.78, 5) is 27.7. The fourth-order valence-electron chi connectivity index (χ4n) is 3.55. The van der Waals surface area contributed by atoms with Crippen molar-refractivity contribution >= 4 is 39.1 Å². The molecule has 0 bridgehead atoms. The maximum atomic E-state index is 13.3. The number of carbonyl (C=O) groups is 2. The van der Waals surface area contributed by atoms with E-state index < -0.39 is 16.1 Å². The number of nitrogens with zero attached hydrogens (tertiary/aromatic N) is 2. The number of hydrogen-bond donors (Lipinski definition) is 1. The molecular formula is C26H36ClN3O4S. The molecule has 0 aliphatic rings. The van der Waals surface area contributed by atoms with Crippen LogP contribution in [0, 0.1) is 6.92 Å². The van der Waals surface area contributed by atoms with Gasteiger partial charge in [0.15, 0.2) is 0 Å². The SMILES string of the molecule is CC[C@H](C)NC(=O)[C@H](C)N(Cc1ccc(C)cc1)C(=O)CCCN(c1ccc(Cl)cc1)S(C)(=O)=O. The van der Waals surface area contributed by atoms with Crippen molar-refractivity contribution in [2.45, 2.75) is 65.6 Å². The Morgan fingerprint density at radius 3 is 2.17 bits per heavy atom. The molecule has 2 aromatic rings. The topological polar surface area (TPSA) is 86.8 Å². The van der Waals surface area contributed by atoms with Crippen LogP contribution in [0.2, 0.25) is 5.02 Å². The van der Waals surface area contributed by atoms with Gasteiger partial charge in [-0.2, -0.15) is 0 Å². The number of carbonyl (C=O) groups excluding carboxylic acids is 2. The second kappa shape index (κ2) is 12.9. The summed E-state index contributed by atoms with van der Waals surface area (Å²) in [6.07, 6.45) is 2.33. The Kier molecular flexibility index (Phi) is 10.6. The van der Waals surface area contributed by atoms with Crippen LogP contribution in [0.5, 0.6) is 0 Å². The Hall–Kier alpha value is -2.58. The van der Waals surface area contributed by atoms with Crippen LogP contribution < -0.4 is 9.62 Å². The summed E-state index contributed by atoms with van der Waals surface area (Å²) in [6.45, 7) is 8.05. The van der Waals surface area contributed by atoms with E-state index in [1.807, 2.05) is 45.0 Å². The van der Waals surface area contributed by atoms with Gasteiger partial charge in [0.2, 0.25) is 21.8 Å². The molecule has 0 saturated carbocycles. The van der Waals surface area contributed by atoms with Crippen LogP contribution in [0.4, 0.5) is 5.69 Å². The first-order valence-electron chi connectivity index (χ1n) is 11.8. The zero-order valence-corrected chi connectivity index (χ0v) is 22.7. The van der Waals surface area contributed by atoms with E-state index in [9.17, 15) is 18.0 Å². The van der Waals surface area contributed by atoms with Crippen molar-refractivity contribution in [3.63, 3.8) is 0 Å². The molecule has 0 spiro atoms. The van der Waals surface area contributed by atoms with E-state index in [1.165, 1.54) is 4.31 Å². The van der Waals surface area contributed by atoms with Gasteiger partial charge in [0.25, 0.3) is 0 Å². The van der Waals surface area contributed by atoms with Crippen LogP contribution in [-0.4, -0.2) is 50.0 Å². The van der Waals surface area contributed by atoms with Gasteiger partial charge in [-0.25, -0.2) is 8.42 Å². The molecule has 35 heavy (non-hydrogen) atoms. The summed E-state index contributed by atoms with van der Waals surface area (Å²) in [5.74, 6) is -0.416. The van der Waals surface area contributed by atoms with E-state index >= 15 is 0 Å². The average molecular weight is 522 g/mol. The lowest BCUT2D eigenvalue weighted by Crippen LogP contribution is -2.49. The fourth-order valence-corrected chi connectivity index (χ4v) is 4.64. The van der Waals surface area contributed by atoms with Crippen LogP contribution in [0.15, 0.2) is 48.5 Å². The zero-order chi connectivity index (χ0) is 26.2. The van der Waals surface area contributed by atoms with Crippen LogP contribution in [-0.2, 0) is 26.2 Å². The molecule has 0 fully saturated rings. The first-order chi connectivity index (χ1) is 16.4. The van der Waals surface area contributed by atoms with Crippen LogP contribution in [0.25, 0.3) is 0 Å². The van der Waals surface area contributed by atoms with E-state index in [4.69, 9.17) is 11.6 Å². The van der Waals surface area contributed by atoms with Crippen molar-refractivity contribution in [1.82, 2.24) is 10.2 Å². The number of anilines is 1. The first-order valence-corrected chi connectivity index (χ1v) is 14.0. The summed E-state index contributed by atoms with van der Waals surface area (Å²) in [7, 11) is -3.55. The Labute approximate surface area is 214 Å². The van der Waals surface area contributed by atoms with Gasteiger partial charge in [0.05, 0.1) is 11.9 Å². The molecule has 2 atom stereocenters. The standard InChI is InChI=1S/C26H36ClN3O4S/c1-6-20(3)28-26(32)21(4)29(18-22-11-9-19(2)10-12-22)25(31)8-7-17-30(35(5,33)34)24-15-13-23(27)14-16-24/h9-16,20-21H,6-8,17-18H2,1-5H3,(H,28,32)/t20-,21-/m0/s1. The van der Waals surface area contributed by atoms with E-state index in [0.717, 1.165) is 23.8 Å². The number of hydrogen-bond acceptors (Lipinski definition) is 4. The Bertz CT molecular complexity index is 1090. The van der Waals surface area contributed by atoms with Gasteiger partial charge in [-0.15, -0.1) is 0 Å². The largest absolute Gasteiger partial charge is 0.352 e. The highest BCUT2D eigenvalue weighted by Gasteiger charge is 2.27. The molecule has 9 heteroatoms. The monoisotopic (exact) mass is 521 g/mol. The number of rotatable bonds is 12. The first kappa shape index (κ1) is 28.7. The van der Waals surface area contributed by atoms with Crippen LogP contribution in [0.3, 0.4) is 0 Å². The molecule has 0 aliphatic carbocycles. The highest BCUT2D eigenvalue weighted by atomic mass is 35.5. The third-order valence-corrected chi connectivity index (χ3v) is 7.35. The summed E-state index contributed by atoms with van der Waals surface area (Å²) in [5.41, 5.74) is 2.52. The molecule has 0 unspecified atom stereocenters.